The van der Waals surface area contributed by atoms with Gasteiger partial charge in [-0.15, -0.1) is 0 Å². The van der Waals surface area contributed by atoms with E-state index in [0.29, 0.717) is 17.9 Å². The molecule has 0 saturated heterocycles. The lowest BCUT2D eigenvalue weighted by molar-refractivity contribution is -0.539. The van der Waals surface area contributed by atoms with Crippen LogP contribution in [0.25, 0.3) is 0 Å². The highest BCUT2D eigenvalue weighted by atomic mass is 16.6. The van der Waals surface area contributed by atoms with Gasteiger partial charge in [0, 0.05) is 11.3 Å². The van der Waals surface area contributed by atoms with E-state index in [-0.39, 0.29) is 43.1 Å². The number of nitrogens with zero attached hydrogens (tertiary/aromatic N) is 5. The summed E-state index contributed by atoms with van der Waals surface area (Å²) < 4.78 is 5.23. The summed E-state index contributed by atoms with van der Waals surface area (Å²) in [6.45, 7) is 1.95. The van der Waals surface area contributed by atoms with Crippen molar-refractivity contribution < 1.29 is 29.5 Å². The second-order valence-corrected chi connectivity index (χ2v) is 7.40. The molecule has 3 rings (SSSR count). The number of rotatable bonds is 10. The number of esters is 1. The Hall–Kier alpha value is -4.35. The summed E-state index contributed by atoms with van der Waals surface area (Å²) >= 11 is 0. The monoisotopic (exact) mass is 469 g/mol. The third-order valence-corrected chi connectivity index (χ3v) is 5.17. The quantitative estimate of drug-likeness (QED) is 0.231. The van der Waals surface area contributed by atoms with Crippen LogP contribution in [-0.2, 0) is 16.0 Å². The number of hydrogen-bond donors (Lipinski definition) is 2. The molecular formula is C22H23N5O7. The normalized spacial score (nSPS) is 15.4. The molecule has 2 N–H and O–H groups in total. The third kappa shape index (κ3) is 6.12. The van der Waals surface area contributed by atoms with E-state index in [1.54, 1.807) is 31.2 Å². The van der Waals surface area contributed by atoms with Gasteiger partial charge >= 0.3 is 18.1 Å². The number of carboxylic acid groups (broad SMARTS) is 1. The summed E-state index contributed by atoms with van der Waals surface area (Å²) in [6, 6.07) is 10.9. The maximum atomic E-state index is 12.2. The average molecular weight is 469 g/mol. The molecule has 178 valence electrons. The van der Waals surface area contributed by atoms with Gasteiger partial charge in [-0.1, -0.05) is 18.2 Å². The van der Waals surface area contributed by atoms with Crippen LogP contribution in [0, 0.1) is 10.1 Å². The SMILES string of the molecule is CC1=NCC([N+](=O)[O-])N1CCOC(=O)CCc1ccccc1/N=N/c1ccc(O)c(C(=O)O)c1. The van der Waals surface area contributed by atoms with Gasteiger partial charge in [-0.05, 0) is 43.2 Å². The molecule has 0 fully saturated rings. The molecule has 0 radical (unpaired) electrons. The van der Waals surface area contributed by atoms with Crippen LogP contribution in [-0.4, -0.2) is 63.7 Å². The van der Waals surface area contributed by atoms with E-state index in [1.807, 2.05) is 0 Å². The Balaban J connectivity index is 1.55. The number of azo groups is 1. The second kappa shape index (κ2) is 11.0. The molecular weight excluding hydrogens is 446 g/mol. The van der Waals surface area contributed by atoms with Crippen LogP contribution in [0.2, 0.25) is 0 Å². The molecule has 0 spiro atoms. The molecule has 1 aliphatic rings. The summed E-state index contributed by atoms with van der Waals surface area (Å²) in [5.74, 6) is -1.56. The van der Waals surface area contributed by atoms with Crippen molar-refractivity contribution >= 4 is 29.1 Å². The van der Waals surface area contributed by atoms with Crippen LogP contribution < -0.4 is 0 Å². The first kappa shape index (κ1) is 24.3. The zero-order chi connectivity index (χ0) is 24.7. The van der Waals surface area contributed by atoms with Crippen LogP contribution in [0.5, 0.6) is 5.75 Å². The third-order valence-electron chi connectivity index (χ3n) is 5.17. The molecule has 1 unspecified atom stereocenters. The number of ether oxygens (including phenoxy) is 1. The number of aromatic hydroxyl groups is 1. The molecule has 0 bridgehead atoms. The number of benzene rings is 2. The fraction of sp³-hybridized carbons (Fsp3) is 0.318. The van der Waals surface area contributed by atoms with E-state index >= 15 is 0 Å². The fourth-order valence-corrected chi connectivity index (χ4v) is 3.37. The fourth-order valence-electron chi connectivity index (χ4n) is 3.37. The van der Waals surface area contributed by atoms with Crippen LogP contribution in [0.15, 0.2) is 57.7 Å². The topological polar surface area (TPSA) is 167 Å². The Kier molecular flexibility index (Phi) is 7.85. The molecule has 2 aromatic rings. The van der Waals surface area contributed by atoms with Crippen LogP contribution in [0.4, 0.5) is 11.4 Å². The Morgan fingerprint density at radius 2 is 2.03 bits per heavy atom. The van der Waals surface area contributed by atoms with E-state index < -0.39 is 23.0 Å². The number of aliphatic imine (C=N–C) groups is 1. The number of phenols is 1. The van der Waals surface area contributed by atoms with Crippen molar-refractivity contribution in [3.8, 4) is 5.75 Å². The molecule has 1 atom stereocenters. The van der Waals surface area contributed by atoms with Crippen molar-refractivity contribution in [2.24, 2.45) is 15.2 Å². The zero-order valence-corrected chi connectivity index (χ0v) is 18.3. The van der Waals surface area contributed by atoms with E-state index in [4.69, 9.17) is 9.84 Å². The number of carbonyl (C=O) groups excluding carboxylic acids is 1. The molecule has 2 aromatic carbocycles. The maximum absolute atomic E-state index is 12.2. The highest BCUT2D eigenvalue weighted by Crippen LogP contribution is 2.27. The highest BCUT2D eigenvalue weighted by Gasteiger charge is 2.34. The van der Waals surface area contributed by atoms with Gasteiger partial charge in [-0.25, -0.2) is 4.79 Å². The Morgan fingerprint density at radius 3 is 2.76 bits per heavy atom. The predicted octanol–water partition coefficient (Wildman–Crippen LogP) is 3.32. The molecule has 1 heterocycles. The van der Waals surface area contributed by atoms with Crippen LogP contribution in [0.3, 0.4) is 0 Å². The second-order valence-electron chi connectivity index (χ2n) is 7.40. The van der Waals surface area contributed by atoms with Crippen LogP contribution >= 0.6 is 0 Å². The van der Waals surface area contributed by atoms with Gasteiger partial charge in [-0.3, -0.25) is 24.8 Å². The van der Waals surface area contributed by atoms with E-state index in [0.717, 1.165) is 5.56 Å². The lowest BCUT2D eigenvalue weighted by atomic mass is 10.1. The van der Waals surface area contributed by atoms with Gasteiger partial charge in [0.1, 0.15) is 30.3 Å². The van der Waals surface area contributed by atoms with Gasteiger partial charge in [0.25, 0.3) is 0 Å². The molecule has 34 heavy (non-hydrogen) atoms. The van der Waals surface area contributed by atoms with Crippen molar-refractivity contribution in [3.05, 3.63) is 63.7 Å². The van der Waals surface area contributed by atoms with E-state index in [9.17, 15) is 24.8 Å². The minimum Gasteiger partial charge on any atom is -0.507 e. The lowest BCUT2D eigenvalue weighted by Crippen LogP contribution is -2.42. The number of hydrogen-bond acceptors (Lipinski definition) is 10. The molecule has 0 saturated carbocycles. The zero-order valence-electron chi connectivity index (χ0n) is 18.3. The molecule has 12 heteroatoms. The first-order valence-corrected chi connectivity index (χ1v) is 10.4. The lowest BCUT2D eigenvalue weighted by Gasteiger charge is -2.20. The summed E-state index contributed by atoms with van der Waals surface area (Å²) in [7, 11) is 0. The minimum absolute atomic E-state index is 0.00412. The highest BCUT2D eigenvalue weighted by molar-refractivity contribution is 5.91. The number of amidine groups is 1. The van der Waals surface area contributed by atoms with Crippen molar-refractivity contribution in [1.29, 1.82) is 0 Å². The Morgan fingerprint density at radius 1 is 1.26 bits per heavy atom. The van der Waals surface area contributed by atoms with Crippen LogP contribution in [0.1, 0.15) is 29.3 Å². The Labute approximate surface area is 194 Å². The van der Waals surface area contributed by atoms with Crippen molar-refractivity contribution in [2.75, 3.05) is 19.7 Å². The smallest absolute Gasteiger partial charge is 0.339 e. The van der Waals surface area contributed by atoms with Gasteiger partial charge in [0.05, 0.1) is 17.9 Å². The number of nitro groups is 1. The molecule has 0 aromatic heterocycles. The molecule has 0 amide bonds. The molecule has 0 aliphatic carbocycles. The Bertz CT molecular complexity index is 1150. The van der Waals surface area contributed by atoms with Crippen molar-refractivity contribution in [1.82, 2.24) is 4.90 Å². The summed E-state index contributed by atoms with van der Waals surface area (Å²) in [4.78, 5) is 39.6. The van der Waals surface area contributed by atoms with Gasteiger partial charge in [0.15, 0.2) is 0 Å². The standard InChI is InChI=1S/C22H23N5O7/c1-14-23-13-20(27(32)33)26(14)10-11-34-21(29)9-6-15-4-2-3-5-18(15)25-24-16-7-8-19(28)17(12-16)22(30)31/h2-5,7-8,12,20,28H,6,9-11,13H2,1H3,(H,30,31)/b25-24+. The van der Waals surface area contributed by atoms with Gasteiger partial charge in [0.2, 0.25) is 0 Å². The number of aromatic carboxylic acids is 1. The van der Waals surface area contributed by atoms with E-state index in [2.05, 4.69) is 15.2 Å². The first-order valence-electron chi connectivity index (χ1n) is 10.4. The molecule has 1 aliphatic heterocycles. The predicted molar refractivity (Wildman–Crippen MR) is 120 cm³/mol. The van der Waals surface area contributed by atoms with Gasteiger partial charge in [-0.2, -0.15) is 10.2 Å². The maximum Gasteiger partial charge on any atom is 0.339 e. The summed E-state index contributed by atoms with van der Waals surface area (Å²) in [6.07, 6.45) is -0.539. The largest absolute Gasteiger partial charge is 0.507 e. The molecule has 12 nitrogen and oxygen atoms in total. The average Bonchev–Trinajstić information content (AvgIpc) is 3.18. The minimum atomic E-state index is -1.28. The van der Waals surface area contributed by atoms with Crippen molar-refractivity contribution in [2.45, 2.75) is 25.9 Å². The number of carbonyl (C=O) groups is 2. The van der Waals surface area contributed by atoms with Gasteiger partial charge < -0.3 is 14.9 Å². The number of carboxylic acids is 1. The van der Waals surface area contributed by atoms with Crippen molar-refractivity contribution in [3.63, 3.8) is 0 Å². The summed E-state index contributed by atoms with van der Waals surface area (Å²) in [5, 5.41) is 38.0. The van der Waals surface area contributed by atoms with E-state index in [1.165, 1.54) is 23.1 Å². The number of aryl methyl sites for hydroxylation is 1. The summed E-state index contributed by atoms with van der Waals surface area (Å²) in [5.41, 5.74) is 1.19. The first-order chi connectivity index (χ1) is 16.3.